The molecule has 0 unspecified atom stereocenters. The van der Waals surface area contributed by atoms with Gasteiger partial charge in [0.2, 0.25) is 0 Å². The first-order valence-electron chi connectivity index (χ1n) is 6.72. The summed E-state index contributed by atoms with van der Waals surface area (Å²) < 4.78 is 52.2. The topological polar surface area (TPSA) is 46.3 Å². The molecule has 1 aromatic rings. The van der Waals surface area contributed by atoms with Gasteiger partial charge in [-0.25, -0.2) is 9.18 Å². The van der Waals surface area contributed by atoms with Crippen LogP contribution >= 0.6 is 0 Å². The van der Waals surface area contributed by atoms with Crippen LogP contribution in [0.2, 0.25) is 0 Å². The van der Waals surface area contributed by atoms with Crippen LogP contribution in [-0.4, -0.2) is 12.6 Å². The summed E-state index contributed by atoms with van der Waals surface area (Å²) in [6.45, 7) is 0.129. The molecule has 116 valence electrons. The van der Waals surface area contributed by atoms with Crippen molar-refractivity contribution in [3.63, 3.8) is 0 Å². The van der Waals surface area contributed by atoms with E-state index >= 15 is 0 Å². The van der Waals surface area contributed by atoms with Gasteiger partial charge in [-0.1, -0.05) is 12.8 Å². The lowest BCUT2D eigenvalue weighted by molar-refractivity contribution is -0.137. The third kappa shape index (κ3) is 3.65. The van der Waals surface area contributed by atoms with E-state index in [1.54, 1.807) is 0 Å². The molecule has 2 rings (SSSR count). The number of halogens is 4. The van der Waals surface area contributed by atoms with Gasteiger partial charge in [-0.2, -0.15) is 13.2 Å². The minimum Gasteiger partial charge on any atom is -0.351 e. The number of rotatable bonds is 3. The number of primary amides is 1. The molecule has 0 aromatic heterocycles. The molecule has 1 aromatic carbocycles. The van der Waals surface area contributed by atoms with E-state index in [4.69, 9.17) is 5.73 Å². The van der Waals surface area contributed by atoms with E-state index in [2.05, 4.69) is 0 Å². The quantitative estimate of drug-likeness (QED) is 0.845. The zero-order chi connectivity index (χ0) is 15.6. The summed E-state index contributed by atoms with van der Waals surface area (Å²) in [7, 11) is 0. The number of amides is 2. The van der Waals surface area contributed by atoms with Crippen molar-refractivity contribution in [3.05, 3.63) is 29.6 Å². The van der Waals surface area contributed by atoms with Crippen molar-refractivity contribution in [2.24, 2.45) is 11.7 Å². The number of hydrogen-bond acceptors (Lipinski definition) is 1. The molecule has 0 spiro atoms. The maximum absolute atomic E-state index is 13.1. The summed E-state index contributed by atoms with van der Waals surface area (Å²) in [5.41, 5.74) is 3.66. The smallest absolute Gasteiger partial charge is 0.351 e. The average Bonchev–Trinajstić information content (AvgIpc) is 2.88. The highest BCUT2D eigenvalue weighted by Gasteiger charge is 2.37. The highest BCUT2D eigenvalue weighted by atomic mass is 19.4. The van der Waals surface area contributed by atoms with Crippen LogP contribution in [0, 0.1) is 11.7 Å². The molecule has 1 aliphatic carbocycles. The lowest BCUT2D eigenvalue weighted by atomic mass is 10.1. The van der Waals surface area contributed by atoms with E-state index in [-0.39, 0.29) is 18.2 Å². The number of nitrogens with zero attached hydrogens (tertiary/aromatic N) is 1. The second-order valence-electron chi connectivity index (χ2n) is 5.26. The number of carbonyl (C=O) groups excluding carboxylic acids is 1. The van der Waals surface area contributed by atoms with E-state index in [0.29, 0.717) is 6.07 Å². The van der Waals surface area contributed by atoms with Gasteiger partial charge < -0.3 is 5.73 Å². The van der Waals surface area contributed by atoms with Crippen molar-refractivity contribution < 1.29 is 22.4 Å². The Morgan fingerprint density at radius 1 is 1.29 bits per heavy atom. The largest absolute Gasteiger partial charge is 0.418 e. The van der Waals surface area contributed by atoms with Gasteiger partial charge in [0.15, 0.2) is 0 Å². The molecule has 1 saturated carbocycles. The van der Waals surface area contributed by atoms with Gasteiger partial charge in [0.1, 0.15) is 5.82 Å². The predicted molar refractivity (Wildman–Crippen MR) is 70.3 cm³/mol. The van der Waals surface area contributed by atoms with E-state index in [9.17, 15) is 22.4 Å². The second-order valence-corrected chi connectivity index (χ2v) is 5.26. The highest BCUT2D eigenvalue weighted by molar-refractivity contribution is 5.91. The van der Waals surface area contributed by atoms with E-state index in [1.807, 2.05) is 0 Å². The molecular weight excluding hydrogens is 288 g/mol. The number of benzene rings is 1. The molecule has 0 bridgehead atoms. The lowest BCUT2D eigenvalue weighted by Gasteiger charge is -2.26. The number of anilines is 1. The minimum absolute atomic E-state index is 0.128. The van der Waals surface area contributed by atoms with Crippen molar-refractivity contribution in [1.29, 1.82) is 0 Å². The summed E-state index contributed by atoms with van der Waals surface area (Å²) in [6, 6.07) is 1.28. The van der Waals surface area contributed by atoms with Crippen LogP contribution in [0.25, 0.3) is 0 Å². The van der Waals surface area contributed by atoms with Crippen LogP contribution in [0.1, 0.15) is 31.2 Å². The normalized spacial score (nSPS) is 16.2. The van der Waals surface area contributed by atoms with Gasteiger partial charge in [-0.05, 0) is 37.0 Å². The number of nitrogens with two attached hydrogens (primary N) is 1. The van der Waals surface area contributed by atoms with Gasteiger partial charge in [-0.15, -0.1) is 0 Å². The molecule has 0 saturated heterocycles. The van der Waals surface area contributed by atoms with Crippen molar-refractivity contribution in [3.8, 4) is 0 Å². The maximum Gasteiger partial charge on any atom is 0.418 e. The zero-order valence-electron chi connectivity index (χ0n) is 11.3. The van der Waals surface area contributed by atoms with Crippen LogP contribution in [0.15, 0.2) is 18.2 Å². The summed E-state index contributed by atoms with van der Waals surface area (Å²) in [4.78, 5) is 12.4. The Morgan fingerprint density at radius 2 is 1.90 bits per heavy atom. The number of hydrogen-bond donors (Lipinski definition) is 1. The highest BCUT2D eigenvalue weighted by Crippen LogP contribution is 2.38. The van der Waals surface area contributed by atoms with Crippen LogP contribution in [0.4, 0.5) is 28.0 Å². The molecule has 1 aliphatic rings. The molecule has 0 radical (unpaired) electrons. The summed E-state index contributed by atoms with van der Waals surface area (Å²) in [6.07, 6.45) is -1.06. The monoisotopic (exact) mass is 304 g/mol. The van der Waals surface area contributed by atoms with E-state index < -0.39 is 23.6 Å². The van der Waals surface area contributed by atoms with Crippen molar-refractivity contribution >= 4 is 11.7 Å². The summed E-state index contributed by atoms with van der Waals surface area (Å²) >= 11 is 0. The van der Waals surface area contributed by atoms with Crippen LogP contribution in [-0.2, 0) is 6.18 Å². The fraction of sp³-hybridized carbons (Fsp3) is 0.500. The van der Waals surface area contributed by atoms with Crippen molar-refractivity contribution in [1.82, 2.24) is 0 Å². The van der Waals surface area contributed by atoms with Gasteiger partial charge in [0.05, 0.1) is 11.3 Å². The molecule has 0 atom stereocenters. The molecular formula is C14H16F4N2O. The van der Waals surface area contributed by atoms with Crippen LogP contribution in [0.5, 0.6) is 0 Å². The zero-order valence-corrected chi connectivity index (χ0v) is 11.3. The summed E-state index contributed by atoms with van der Waals surface area (Å²) in [5, 5.41) is 0. The van der Waals surface area contributed by atoms with Gasteiger partial charge >= 0.3 is 12.2 Å². The number of alkyl halides is 3. The second kappa shape index (κ2) is 5.91. The minimum atomic E-state index is -4.75. The molecule has 7 heteroatoms. The number of carbonyl (C=O) groups is 1. The molecule has 1 fully saturated rings. The van der Waals surface area contributed by atoms with E-state index in [0.717, 1.165) is 42.7 Å². The third-order valence-electron chi connectivity index (χ3n) is 3.74. The third-order valence-corrected chi connectivity index (χ3v) is 3.74. The Hall–Kier alpha value is -1.79. The maximum atomic E-state index is 13.1. The van der Waals surface area contributed by atoms with Crippen LogP contribution < -0.4 is 10.6 Å². The molecule has 0 aliphatic heterocycles. The molecule has 2 amide bonds. The van der Waals surface area contributed by atoms with Crippen molar-refractivity contribution in [2.75, 3.05) is 11.4 Å². The van der Waals surface area contributed by atoms with Gasteiger partial charge in [0.25, 0.3) is 0 Å². The van der Waals surface area contributed by atoms with Crippen LogP contribution in [0.3, 0.4) is 0 Å². The van der Waals surface area contributed by atoms with Crippen molar-refractivity contribution in [2.45, 2.75) is 31.9 Å². The van der Waals surface area contributed by atoms with Gasteiger partial charge in [-0.3, -0.25) is 4.90 Å². The fourth-order valence-corrected chi connectivity index (χ4v) is 2.73. The first kappa shape index (κ1) is 15.6. The Bertz CT molecular complexity index is 524. The fourth-order valence-electron chi connectivity index (χ4n) is 2.73. The average molecular weight is 304 g/mol. The SMILES string of the molecule is NC(=O)N(CC1CCCC1)c1ccc(F)cc1C(F)(F)F. The Balaban J connectivity index is 2.37. The summed E-state index contributed by atoms with van der Waals surface area (Å²) in [5.74, 6) is -0.875. The molecule has 2 N–H and O–H groups in total. The lowest BCUT2D eigenvalue weighted by Crippen LogP contribution is -2.40. The Labute approximate surface area is 119 Å². The van der Waals surface area contributed by atoms with E-state index in [1.165, 1.54) is 0 Å². The molecule has 3 nitrogen and oxygen atoms in total. The molecule has 21 heavy (non-hydrogen) atoms. The first-order chi connectivity index (χ1) is 9.79. The Kier molecular flexibility index (Phi) is 4.39. The standard InChI is InChI=1S/C14H16F4N2O/c15-10-5-6-12(11(7-10)14(16,17)18)20(13(19)21)8-9-3-1-2-4-9/h5-7,9H,1-4,8H2,(H2,19,21). The molecule has 0 heterocycles. The Morgan fingerprint density at radius 3 is 2.43 bits per heavy atom. The van der Waals surface area contributed by atoms with Gasteiger partial charge in [0, 0.05) is 6.54 Å². The number of urea groups is 1. The first-order valence-corrected chi connectivity index (χ1v) is 6.72. The predicted octanol–water partition coefficient (Wildman–Crippen LogP) is 3.92.